The third-order valence-electron chi connectivity index (χ3n) is 2.50. The first-order chi connectivity index (χ1) is 8.65. The van der Waals surface area contributed by atoms with E-state index in [0.717, 1.165) is 11.3 Å². The maximum absolute atomic E-state index is 10.6. The minimum Gasteiger partial charge on any atom is -0.399 e. The summed E-state index contributed by atoms with van der Waals surface area (Å²) in [6.07, 6.45) is 0. The molecule has 0 heterocycles. The van der Waals surface area contributed by atoms with Crippen LogP contribution >= 0.6 is 0 Å². The van der Waals surface area contributed by atoms with Crippen molar-refractivity contribution in [2.45, 2.75) is 6.54 Å². The zero-order valence-corrected chi connectivity index (χ0v) is 9.67. The predicted molar refractivity (Wildman–Crippen MR) is 71.3 cm³/mol. The molecule has 5 nitrogen and oxygen atoms in total. The van der Waals surface area contributed by atoms with E-state index < -0.39 is 4.92 Å². The SMILES string of the molecule is Nc1cccc(NCc2cccc([N+](=O)[O-])c2)c1. The third kappa shape index (κ3) is 2.98. The Bertz CT molecular complexity index is 570. The first kappa shape index (κ1) is 11.9. The van der Waals surface area contributed by atoms with Gasteiger partial charge in [-0.25, -0.2) is 0 Å². The average molecular weight is 243 g/mol. The molecule has 92 valence electrons. The zero-order chi connectivity index (χ0) is 13.0. The van der Waals surface area contributed by atoms with Crippen LogP contribution in [0.1, 0.15) is 5.56 Å². The number of rotatable bonds is 4. The number of anilines is 2. The lowest BCUT2D eigenvalue weighted by Gasteiger charge is -2.07. The Morgan fingerprint density at radius 3 is 2.67 bits per heavy atom. The summed E-state index contributed by atoms with van der Waals surface area (Å²) in [5.74, 6) is 0. The van der Waals surface area contributed by atoms with Crippen LogP contribution in [0.15, 0.2) is 48.5 Å². The van der Waals surface area contributed by atoms with Crippen molar-refractivity contribution in [2.75, 3.05) is 11.1 Å². The zero-order valence-electron chi connectivity index (χ0n) is 9.67. The van der Waals surface area contributed by atoms with Gasteiger partial charge in [0.1, 0.15) is 0 Å². The van der Waals surface area contributed by atoms with Gasteiger partial charge in [-0.15, -0.1) is 0 Å². The van der Waals surface area contributed by atoms with Gasteiger partial charge in [0.2, 0.25) is 0 Å². The smallest absolute Gasteiger partial charge is 0.269 e. The highest BCUT2D eigenvalue weighted by Crippen LogP contribution is 2.16. The molecule has 0 saturated heterocycles. The Morgan fingerprint density at radius 1 is 1.17 bits per heavy atom. The number of nitrogens with zero attached hydrogens (tertiary/aromatic N) is 1. The monoisotopic (exact) mass is 243 g/mol. The highest BCUT2D eigenvalue weighted by molar-refractivity contribution is 5.54. The van der Waals surface area contributed by atoms with Crippen molar-refractivity contribution >= 4 is 17.1 Å². The van der Waals surface area contributed by atoms with Crippen molar-refractivity contribution in [3.63, 3.8) is 0 Å². The van der Waals surface area contributed by atoms with Crippen LogP contribution in [0.4, 0.5) is 17.1 Å². The van der Waals surface area contributed by atoms with Gasteiger partial charge in [0, 0.05) is 30.1 Å². The number of non-ortho nitro benzene ring substituents is 1. The van der Waals surface area contributed by atoms with Crippen LogP contribution < -0.4 is 11.1 Å². The van der Waals surface area contributed by atoms with Crippen molar-refractivity contribution in [3.8, 4) is 0 Å². The van der Waals surface area contributed by atoms with Crippen molar-refractivity contribution in [3.05, 3.63) is 64.2 Å². The Hall–Kier alpha value is -2.56. The number of nitrogens with two attached hydrogens (primary N) is 1. The molecule has 0 atom stereocenters. The lowest BCUT2D eigenvalue weighted by atomic mass is 10.2. The summed E-state index contributed by atoms with van der Waals surface area (Å²) in [7, 11) is 0. The summed E-state index contributed by atoms with van der Waals surface area (Å²) >= 11 is 0. The van der Waals surface area contributed by atoms with Crippen molar-refractivity contribution in [1.82, 2.24) is 0 Å². The number of hydrogen-bond donors (Lipinski definition) is 2. The molecule has 0 spiro atoms. The number of nitrogens with one attached hydrogen (secondary N) is 1. The van der Waals surface area contributed by atoms with E-state index in [4.69, 9.17) is 5.73 Å². The molecule has 2 aromatic carbocycles. The van der Waals surface area contributed by atoms with Crippen molar-refractivity contribution in [2.24, 2.45) is 0 Å². The van der Waals surface area contributed by atoms with Crippen LogP contribution in [0, 0.1) is 10.1 Å². The van der Waals surface area contributed by atoms with E-state index in [1.165, 1.54) is 6.07 Å². The maximum Gasteiger partial charge on any atom is 0.269 e. The van der Waals surface area contributed by atoms with Crippen LogP contribution in [0.25, 0.3) is 0 Å². The van der Waals surface area contributed by atoms with Crippen LogP contribution in [-0.2, 0) is 6.54 Å². The fourth-order valence-electron chi connectivity index (χ4n) is 1.63. The van der Waals surface area contributed by atoms with Crippen LogP contribution in [-0.4, -0.2) is 4.92 Å². The Labute approximate surface area is 104 Å². The highest BCUT2D eigenvalue weighted by Gasteiger charge is 2.05. The number of hydrogen-bond acceptors (Lipinski definition) is 4. The van der Waals surface area contributed by atoms with Crippen molar-refractivity contribution < 1.29 is 4.92 Å². The molecule has 3 N–H and O–H groups in total. The molecule has 0 aliphatic heterocycles. The molecular weight excluding hydrogens is 230 g/mol. The van der Waals surface area contributed by atoms with Gasteiger partial charge in [0.05, 0.1) is 4.92 Å². The molecule has 0 aliphatic rings. The normalized spacial score (nSPS) is 10.0. The molecule has 0 unspecified atom stereocenters. The second-order valence-corrected chi connectivity index (χ2v) is 3.91. The van der Waals surface area contributed by atoms with Gasteiger partial charge >= 0.3 is 0 Å². The molecule has 0 amide bonds. The van der Waals surface area contributed by atoms with Gasteiger partial charge in [-0.05, 0) is 23.8 Å². The summed E-state index contributed by atoms with van der Waals surface area (Å²) in [6, 6.07) is 13.9. The number of benzene rings is 2. The molecule has 0 fully saturated rings. The van der Waals surface area contributed by atoms with E-state index in [0.29, 0.717) is 12.2 Å². The Morgan fingerprint density at radius 2 is 1.94 bits per heavy atom. The molecule has 0 aromatic heterocycles. The molecule has 0 bridgehead atoms. The molecule has 0 aliphatic carbocycles. The molecule has 18 heavy (non-hydrogen) atoms. The molecular formula is C13H13N3O2. The van der Waals surface area contributed by atoms with E-state index in [1.807, 2.05) is 24.3 Å². The van der Waals surface area contributed by atoms with E-state index in [2.05, 4.69) is 5.32 Å². The summed E-state index contributed by atoms with van der Waals surface area (Å²) in [6.45, 7) is 0.519. The molecule has 2 rings (SSSR count). The lowest BCUT2D eigenvalue weighted by molar-refractivity contribution is -0.384. The highest BCUT2D eigenvalue weighted by atomic mass is 16.6. The number of nitro benzene ring substituents is 1. The standard InChI is InChI=1S/C13H13N3O2/c14-11-4-2-5-12(8-11)15-9-10-3-1-6-13(7-10)16(17)18/h1-8,15H,9,14H2. The molecule has 5 heteroatoms. The predicted octanol–water partition coefficient (Wildman–Crippen LogP) is 2.79. The number of nitrogen functional groups attached to an aromatic ring is 1. The van der Waals surface area contributed by atoms with Gasteiger partial charge < -0.3 is 11.1 Å². The van der Waals surface area contributed by atoms with Gasteiger partial charge in [-0.3, -0.25) is 10.1 Å². The Kier molecular flexibility index (Phi) is 3.43. The summed E-state index contributed by atoms with van der Waals surface area (Å²) in [5, 5.41) is 13.8. The summed E-state index contributed by atoms with van der Waals surface area (Å²) in [5.41, 5.74) is 8.18. The maximum atomic E-state index is 10.6. The van der Waals surface area contributed by atoms with Gasteiger partial charge in [0.15, 0.2) is 0 Å². The minimum atomic E-state index is -0.399. The molecule has 0 radical (unpaired) electrons. The van der Waals surface area contributed by atoms with E-state index >= 15 is 0 Å². The molecule has 2 aromatic rings. The Balaban J connectivity index is 2.06. The minimum absolute atomic E-state index is 0.0990. The van der Waals surface area contributed by atoms with Crippen molar-refractivity contribution in [1.29, 1.82) is 0 Å². The fourth-order valence-corrected chi connectivity index (χ4v) is 1.63. The topological polar surface area (TPSA) is 81.2 Å². The third-order valence-corrected chi connectivity index (χ3v) is 2.50. The van der Waals surface area contributed by atoms with Crippen LogP contribution in [0.2, 0.25) is 0 Å². The number of nitro groups is 1. The van der Waals surface area contributed by atoms with Crippen LogP contribution in [0.5, 0.6) is 0 Å². The largest absolute Gasteiger partial charge is 0.399 e. The molecule has 0 saturated carbocycles. The van der Waals surface area contributed by atoms with E-state index in [1.54, 1.807) is 18.2 Å². The second kappa shape index (κ2) is 5.18. The van der Waals surface area contributed by atoms with Crippen LogP contribution in [0.3, 0.4) is 0 Å². The first-order valence-electron chi connectivity index (χ1n) is 5.48. The fraction of sp³-hybridized carbons (Fsp3) is 0.0769. The lowest BCUT2D eigenvalue weighted by Crippen LogP contribution is -2.00. The summed E-state index contributed by atoms with van der Waals surface area (Å²) in [4.78, 5) is 10.2. The van der Waals surface area contributed by atoms with E-state index in [-0.39, 0.29) is 5.69 Å². The average Bonchev–Trinajstić information content (AvgIpc) is 2.37. The van der Waals surface area contributed by atoms with E-state index in [9.17, 15) is 10.1 Å². The van der Waals surface area contributed by atoms with Gasteiger partial charge in [0.25, 0.3) is 5.69 Å². The second-order valence-electron chi connectivity index (χ2n) is 3.91. The van der Waals surface area contributed by atoms with Gasteiger partial charge in [-0.1, -0.05) is 18.2 Å². The summed E-state index contributed by atoms with van der Waals surface area (Å²) < 4.78 is 0. The van der Waals surface area contributed by atoms with Gasteiger partial charge in [-0.2, -0.15) is 0 Å². The first-order valence-corrected chi connectivity index (χ1v) is 5.48. The quantitative estimate of drug-likeness (QED) is 0.491.